The first-order valence-corrected chi connectivity index (χ1v) is 11.8. The monoisotopic (exact) mass is 464 g/mol. The molecule has 0 saturated heterocycles. The van der Waals surface area contributed by atoms with E-state index in [-0.39, 0.29) is 24.5 Å². The number of ketones is 1. The molecule has 0 atom stereocenters. The van der Waals surface area contributed by atoms with Gasteiger partial charge in [0.2, 0.25) is 5.91 Å². The van der Waals surface area contributed by atoms with Crippen molar-refractivity contribution in [2.45, 2.75) is 64.8 Å². The largest absolute Gasteiger partial charge is 0.456 e. The smallest absolute Gasteiger partial charge is 0.306 e. The van der Waals surface area contributed by atoms with Crippen LogP contribution in [0.4, 0.5) is 11.4 Å². The fraction of sp³-hybridized carbons (Fsp3) is 0.407. The zero-order valence-corrected chi connectivity index (χ0v) is 20.1. The molecule has 0 aromatic heterocycles. The molecule has 34 heavy (non-hydrogen) atoms. The molecule has 7 nitrogen and oxygen atoms in total. The van der Waals surface area contributed by atoms with Gasteiger partial charge in [-0.3, -0.25) is 24.1 Å². The van der Waals surface area contributed by atoms with Crippen molar-refractivity contribution in [2.24, 2.45) is 0 Å². The van der Waals surface area contributed by atoms with Crippen LogP contribution in [0.2, 0.25) is 0 Å². The molecular weight excluding hydrogens is 432 g/mol. The van der Waals surface area contributed by atoms with Crippen LogP contribution >= 0.6 is 0 Å². The lowest BCUT2D eigenvalue weighted by atomic mass is 9.96. The molecule has 2 amide bonds. The third-order valence-corrected chi connectivity index (χ3v) is 6.01. The fourth-order valence-corrected chi connectivity index (χ4v) is 3.97. The Balaban J connectivity index is 1.51. The number of Topliss-reactive ketones (excluding diaryl/α,β-unsaturated/α-hetero) is 1. The number of amides is 2. The Morgan fingerprint density at radius 2 is 1.68 bits per heavy atom. The van der Waals surface area contributed by atoms with E-state index in [4.69, 9.17) is 4.74 Å². The second-order valence-electron chi connectivity index (χ2n) is 9.00. The number of benzene rings is 2. The predicted molar refractivity (Wildman–Crippen MR) is 131 cm³/mol. The summed E-state index contributed by atoms with van der Waals surface area (Å²) in [5, 5.41) is 2.79. The summed E-state index contributed by atoms with van der Waals surface area (Å²) in [6, 6.07) is 14.4. The lowest BCUT2D eigenvalue weighted by Crippen LogP contribution is -2.59. The first kappa shape index (κ1) is 25.1. The Labute approximate surface area is 200 Å². The number of esters is 1. The van der Waals surface area contributed by atoms with Gasteiger partial charge in [-0.15, -0.1) is 0 Å². The van der Waals surface area contributed by atoms with Crippen molar-refractivity contribution in [3.05, 3.63) is 59.7 Å². The van der Waals surface area contributed by atoms with Gasteiger partial charge in [-0.2, -0.15) is 0 Å². The number of fused-ring (bicyclic) bond motifs is 1. The van der Waals surface area contributed by atoms with Gasteiger partial charge < -0.3 is 10.1 Å². The highest BCUT2D eigenvalue weighted by Gasteiger charge is 2.43. The van der Waals surface area contributed by atoms with Crippen LogP contribution in [0.3, 0.4) is 0 Å². The first-order valence-electron chi connectivity index (χ1n) is 11.8. The Hall–Kier alpha value is -3.48. The van der Waals surface area contributed by atoms with Crippen molar-refractivity contribution in [2.75, 3.05) is 16.8 Å². The number of rotatable bonds is 10. The lowest BCUT2D eigenvalue weighted by Gasteiger charge is -2.41. The number of nitrogens with one attached hydrogen (secondary N) is 1. The fourth-order valence-electron chi connectivity index (χ4n) is 3.97. The lowest BCUT2D eigenvalue weighted by molar-refractivity contribution is -0.148. The summed E-state index contributed by atoms with van der Waals surface area (Å²) in [4.78, 5) is 51.4. The summed E-state index contributed by atoms with van der Waals surface area (Å²) >= 11 is 0. The first-order chi connectivity index (χ1) is 16.2. The van der Waals surface area contributed by atoms with E-state index < -0.39 is 24.0 Å². The minimum atomic E-state index is -1.14. The highest BCUT2D eigenvalue weighted by Crippen LogP contribution is 2.36. The molecule has 180 valence electrons. The molecule has 7 heteroatoms. The molecular formula is C27H32N2O5. The standard InChI is InChI=1S/C27H32N2O5/c1-4-5-6-9-19-12-14-20(15-13-19)23(30)16-17-25(32)34-18-24(31)29-22-11-8-7-10-21(22)28-26(33)27(29,2)3/h7-8,10-15H,4-6,9,16-18H2,1-3H3,(H,28,33). The molecule has 0 bridgehead atoms. The molecule has 1 aliphatic rings. The Morgan fingerprint density at radius 3 is 2.38 bits per heavy atom. The van der Waals surface area contributed by atoms with Gasteiger partial charge in [0.05, 0.1) is 17.8 Å². The summed E-state index contributed by atoms with van der Waals surface area (Å²) in [6.45, 7) is 4.91. The number of carbonyl (C=O) groups is 4. The molecule has 0 aliphatic carbocycles. The summed E-state index contributed by atoms with van der Waals surface area (Å²) in [5.41, 5.74) is 1.67. The van der Waals surface area contributed by atoms with Crippen molar-refractivity contribution in [3.8, 4) is 0 Å². The second-order valence-corrected chi connectivity index (χ2v) is 9.00. The number of hydrogen-bond donors (Lipinski definition) is 1. The Morgan fingerprint density at radius 1 is 0.971 bits per heavy atom. The van der Waals surface area contributed by atoms with Gasteiger partial charge in [-0.25, -0.2) is 0 Å². The van der Waals surface area contributed by atoms with Crippen LogP contribution in [-0.4, -0.2) is 35.7 Å². The SMILES string of the molecule is CCCCCc1ccc(C(=O)CCC(=O)OCC(=O)N2c3ccccc3NC(=O)C2(C)C)cc1. The van der Waals surface area contributed by atoms with E-state index >= 15 is 0 Å². The number of unbranched alkanes of at least 4 members (excludes halogenated alkanes) is 2. The average molecular weight is 465 g/mol. The molecule has 0 spiro atoms. The molecule has 1 heterocycles. The number of ether oxygens (including phenoxy) is 1. The maximum Gasteiger partial charge on any atom is 0.306 e. The van der Waals surface area contributed by atoms with E-state index in [1.54, 1.807) is 50.2 Å². The topological polar surface area (TPSA) is 92.8 Å². The minimum absolute atomic E-state index is 0.00263. The third kappa shape index (κ3) is 5.90. The van der Waals surface area contributed by atoms with E-state index in [1.165, 1.54) is 16.9 Å². The van der Waals surface area contributed by atoms with Crippen molar-refractivity contribution in [1.82, 2.24) is 0 Å². The van der Waals surface area contributed by atoms with Gasteiger partial charge in [-0.05, 0) is 44.4 Å². The number of para-hydroxylation sites is 2. The van der Waals surface area contributed by atoms with Crippen LogP contribution in [0.15, 0.2) is 48.5 Å². The molecule has 0 radical (unpaired) electrons. The van der Waals surface area contributed by atoms with Crippen LogP contribution in [0.25, 0.3) is 0 Å². The van der Waals surface area contributed by atoms with Crippen molar-refractivity contribution in [1.29, 1.82) is 0 Å². The Kier molecular flexibility index (Phi) is 8.21. The van der Waals surface area contributed by atoms with Gasteiger partial charge in [0.25, 0.3) is 5.91 Å². The number of nitrogens with zero attached hydrogens (tertiary/aromatic N) is 1. The van der Waals surface area contributed by atoms with Crippen molar-refractivity contribution in [3.63, 3.8) is 0 Å². The molecule has 2 aromatic carbocycles. The average Bonchev–Trinajstić information content (AvgIpc) is 2.82. The molecule has 1 N–H and O–H groups in total. The second kappa shape index (κ2) is 11.1. The summed E-state index contributed by atoms with van der Waals surface area (Å²) in [7, 11) is 0. The minimum Gasteiger partial charge on any atom is -0.456 e. The van der Waals surface area contributed by atoms with Gasteiger partial charge in [0.15, 0.2) is 12.4 Å². The van der Waals surface area contributed by atoms with Crippen molar-refractivity contribution >= 4 is 34.9 Å². The summed E-state index contributed by atoms with van der Waals surface area (Å²) in [5.74, 6) is -1.62. The number of hydrogen-bond acceptors (Lipinski definition) is 5. The van der Waals surface area contributed by atoms with E-state index in [9.17, 15) is 19.2 Å². The van der Waals surface area contributed by atoms with E-state index in [2.05, 4.69) is 12.2 Å². The normalized spacial score (nSPS) is 14.2. The van der Waals surface area contributed by atoms with E-state index in [0.29, 0.717) is 16.9 Å². The van der Waals surface area contributed by atoms with Gasteiger partial charge >= 0.3 is 5.97 Å². The third-order valence-electron chi connectivity index (χ3n) is 6.01. The predicted octanol–water partition coefficient (Wildman–Crippen LogP) is 4.69. The molecule has 0 saturated carbocycles. The van der Waals surface area contributed by atoms with Crippen molar-refractivity contribution < 1.29 is 23.9 Å². The quantitative estimate of drug-likeness (QED) is 0.313. The summed E-state index contributed by atoms with van der Waals surface area (Å²) in [6.07, 6.45) is 4.34. The van der Waals surface area contributed by atoms with Crippen LogP contribution in [0, 0.1) is 0 Å². The van der Waals surface area contributed by atoms with E-state index in [0.717, 1.165) is 19.3 Å². The van der Waals surface area contributed by atoms with E-state index in [1.807, 2.05) is 12.1 Å². The molecule has 1 aliphatic heterocycles. The molecule has 2 aromatic rings. The Bertz CT molecular complexity index is 1060. The highest BCUT2D eigenvalue weighted by molar-refractivity contribution is 6.14. The zero-order chi connectivity index (χ0) is 24.7. The zero-order valence-electron chi connectivity index (χ0n) is 20.1. The number of aryl methyl sites for hydroxylation is 1. The van der Waals surface area contributed by atoms with Crippen LogP contribution in [0.5, 0.6) is 0 Å². The number of carbonyl (C=O) groups excluding carboxylic acids is 4. The highest BCUT2D eigenvalue weighted by atomic mass is 16.5. The van der Waals surface area contributed by atoms with Crippen LogP contribution < -0.4 is 10.2 Å². The number of anilines is 2. The van der Waals surface area contributed by atoms with Gasteiger partial charge in [-0.1, -0.05) is 56.2 Å². The molecule has 0 fully saturated rings. The van der Waals surface area contributed by atoms with Gasteiger partial charge in [0.1, 0.15) is 5.54 Å². The molecule has 3 rings (SSSR count). The van der Waals surface area contributed by atoms with Crippen LogP contribution in [-0.2, 0) is 25.5 Å². The van der Waals surface area contributed by atoms with Gasteiger partial charge in [0, 0.05) is 12.0 Å². The van der Waals surface area contributed by atoms with Crippen LogP contribution in [0.1, 0.15) is 68.8 Å². The maximum atomic E-state index is 12.9. The summed E-state index contributed by atoms with van der Waals surface area (Å²) < 4.78 is 5.15. The maximum absolute atomic E-state index is 12.9. The molecule has 0 unspecified atom stereocenters.